The molecule has 0 radical (unpaired) electrons. The number of hydrogen-bond donors (Lipinski definition) is 2. The Labute approximate surface area is 112 Å². The zero-order chi connectivity index (χ0) is 14.3. The summed E-state index contributed by atoms with van der Waals surface area (Å²) in [7, 11) is 0. The molecule has 1 aromatic carbocycles. The molecule has 0 aliphatic carbocycles. The molecule has 19 heavy (non-hydrogen) atoms. The summed E-state index contributed by atoms with van der Waals surface area (Å²) < 4.78 is 5.26. The molecule has 0 spiro atoms. The fourth-order valence-electron chi connectivity index (χ4n) is 1.69. The summed E-state index contributed by atoms with van der Waals surface area (Å²) >= 11 is 0. The molecule has 1 unspecified atom stereocenters. The molecule has 104 valence electrons. The smallest absolute Gasteiger partial charge is 0.335 e. The number of carboxylic acids is 1. The van der Waals surface area contributed by atoms with Crippen LogP contribution in [0.1, 0.15) is 37.0 Å². The number of nitrogens with one attached hydrogen (secondary N) is 1. The van der Waals surface area contributed by atoms with Gasteiger partial charge in [0.25, 0.3) is 5.91 Å². The summed E-state index contributed by atoms with van der Waals surface area (Å²) in [6.07, 6.45) is 1.92. The number of benzene rings is 1. The Morgan fingerprint density at radius 1 is 1.42 bits per heavy atom. The van der Waals surface area contributed by atoms with Gasteiger partial charge in [0, 0.05) is 6.04 Å². The number of carboxylic acid groups (broad SMARTS) is 1. The van der Waals surface area contributed by atoms with Gasteiger partial charge in [-0.15, -0.1) is 0 Å². The maximum absolute atomic E-state index is 11.6. The van der Waals surface area contributed by atoms with Crippen LogP contribution >= 0.6 is 0 Å². The van der Waals surface area contributed by atoms with Crippen molar-refractivity contribution in [3.05, 3.63) is 29.8 Å². The van der Waals surface area contributed by atoms with Gasteiger partial charge in [-0.1, -0.05) is 19.4 Å². The minimum absolute atomic E-state index is 0.114. The maximum Gasteiger partial charge on any atom is 0.335 e. The van der Waals surface area contributed by atoms with Gasteiger partial charge >= 0.3 is 5.97 Å². The average Bonchev–Trinajstić information content (AvgIpc) is 2.37. The average molecular weight is 265 g/mol. The van der Waals surface area contributed by atoms with Gasteiger partial charge in [0.2, 0.25) is 0 Å². The first-order valence-electron chi connectivity index (χ1n) is 6.28. The van der Waals surface area contributed by atoms with Crippen LogP contribution in [0.5, 0.6) is 5.75 Å². The summed E-state index contributed by atoms with van der Waals surface area (Å²) in [4.78, 5) is 22.3. The SMILES string of the molecule is CCCC(C)NC(=O)COc1cccc(C(=O)O)c1. The summed E-state index contributed by atoms with van der Waals surface area (Å²) in [5.74, 6) is -0.855. The van der Waals surface area contributed by atoms with Gasteiger partial charge in [-0.05, 0) is 31.5 Å². The zero-order valence-corrected chi connectivity index (χ0v) is 11.2. The van der Waals surface area contributed by atoms with Crippen LogP contribution in [0.3, 0.4) is 0 Å². The minimum atomic E-state index is -1.02. The minimum Gasteiger partial charge on any atom is -0.484 e. The number of ether oxygens (including phenoxy) is 1. The summed E-state index contributed by atoms with van der Waals surface area (Å²) in [6.45, 7) is 3.88. The summed E-state index contributed by atoms with van der Waals surface area (Å²) in [5, 5.41) is 11.6. The van der Waals surface area contributed by atoms with Crippen molar-refractivity contribution in [3.8, 4) is 5.75 Å². The Balaban J connectivity index is 2.46. The number of rotatable bonds is 7. The van der Waals surface area contributed by atoms with Crippen molar-refractivity contribution in [3.63, 3.8) is 0 Å². The third kappa shape index (κ3) is 5.42. The number of aromatic carboxylic acids is 1. The third-order valence-corrected chi connectivity index (χ3v) is 2.58. The number of carbonyl (C=O) groups is 2. The molecular formula is C14H19NO4. The van der Waals surface area contributed by atoms with Crippen molar-refractivity contribution in [2.75, 3.05) is 6.61 Å². The fraction of sp³-hybridized carbons (Fsp3) is 0.429. The van der Waals surface area contributed by atoms with E-state index in [0.29, 0.717) is 5.75 Å². The summed E-state index contributed by atoms with van der Waals surface area (Å²) in [5.41, 5.74) is 0.136. The number of hydrogen-bond acceptors (Lipinski definition) is 3. The van der Waals surface area contributed by atoms with Crippen molar-refractivity contribution >= 4 is 11.9 Å². The van der Waals surface area contributed by atoms with Gasteiger partial charge in [0.15, 0.2) is 6.61 Å². The molecule has 1 rings (SSSR count). The van der Waals surface area contributed by atoms with E-state index in [9.17, 15) is 9.59 Å². The van der Waals surface area contributed by atoms with Crippen LogP contribution < -0.4 is 10.1 Å². The molecule has 1 aromatic rings. The van der Waals surface area contributed by atoms with E-state index in [1.54, 1.807) is 12.1 Å². The second-order valence-corrected chi connectivity index (χ2v) is 4.38. The topological polar surface area (TPSA) is 75.6 Å². The highest BCUT2D eigenvalue weighted by atomic mass is 16.5. The molecule has 2 N–H and O–H groups in total. The quantitative estimate of drug-likeness (QED) is 0.791. The molecule has 5 heteroatoms. The first-order valence-corrected chi connectivity index (χ1v) is 6.28. The van der Waals surface area contributed by atoms with Crippen LogP contribution in [0.15, 0.2) is 24.3 Å². The van der Waals surface area contributed by atoms with Crippen LogP contribution in [0.2, 0.25) is 0 Å². The lowest BCUT2D eigenvalue weighted by Crippen LogP contribution is -2.35. The van der Waals surface area contributed by atoms with E-state index in [1.807, 2.05) is 6.92 Å². The van der Waals surface area contributed by atoms with E-state index in [1.165, 1.54) is 12.1 Å². The van der Waals surface area contributed by atoms with E-state index in [4.69, 9.17) is 9.84 Å². The van der Waals surface area contributed by atoms with Crippen molar-refractivity contribution < 1.29 is 19.4 Å². The molecule has 0 heterocycles. The van der Waals surface area contributed by atoms with Crippen molar-refractivity contribution in [2.45, 2.75) is 32.7 Å². The van der Waals surface area contributed by atoms with E-state index in [-0.39, 0.29) is 24.1 Å². The van der Waals surface area contributed by atoms with Crippen LogP contribution in [0.25, 0.3) is 0 Å². The second kappa shape index (κ2) is 7.41. The van der Waals surface area contributed by atoms with Gasteiger partial charge < -0.3 is 15.2 Å². The third-order valence-electron chi connectivity index (χ3n) is 2.58. The Kier molecular flexibility index (Phi) is 5.85. The monoisotopic (exact) mass is 265 g/mol. The lowest BCUT2D eigenvalue weighted by molar-refractivity contribution is -0.123. The number of amides is 1. The molecule has 0 fully saturated rings. The number of carbonyl (C=O) groups excluding carboxylic acids is 1. The largest absolute Gasteiger partial charge is 0.484 e. The molecular weight excluding hydrogens is 246 g/mol. The summed E-state index contributed by atoms with van der Waals surface area (Å²) in [6, 6.07) is 6.18. The van der Waals surface area contributed by atoms with Gasteiger partial charge in [-0.2, -0.15) is 0 Å². The maximum atomic E-state index is 11.6. The van der Waals surface area contributed by atoms with E-state index in [0.717, 1.165) is 12.8 Å². The van der Waals surface area contributed by atoms with Crippen LogP contribution in [-0.4, -0.2) is 29.6 Å². The first kappa shape index (κ1) is 15.0. The zero-order valence-electron chi connectivity index (χ0n) is 11.2. The van der Waals surface area contributed by atoms with E-state index >= 15 is 0 Å². The predicted octanol–water partition coefficient (Wildman–Crippen LogP) is 2.07. The first-order chi connectivity index (χ1) is 9.02. The van der Waals surface area contributed by atoms with E-state index in [2.05, 4.69) is 12.2 Å². The Hall–Kier alpha value is -2.04. The molecule has 0 aliphatic rings. The molecule has 0 saturated heterocycles. The highest BCUT2D eigenvalue weighted by molar-refractivity contribution is 5.88. The molecule has 1 amide bonds. The van der Waals surface area contributed by atoms with Gasteiger partial charge in [0.1, 0.15) is 5.75 Å². The Morgan fingerprint density at radius 2 is 2.16 bits per heavy atom. The van der Waals surface area contributed by atoms with Gasteiger partial charge in [-0.25, -0.2) is 4.79 Å². The van der Waals surface area contributed by atoms with Crippen molar-refractivity contribution in [1.82, 2.24) is 5.32 Å². The van der Waals surface area contributed by atoms with Crippen molar-refractivity contribution in [2.24, 2.45) is 0 Å². The molecule has 0 saturated carbocycles. The van der Waals surface area contributed by atoms with Gasteiger partial charge in [-0.3, -0.25) is 4.79 Å². The highest BCUT2D eigenvalue weighted by Crippen LogP contribution is 2.13. The van der Waals surface area contributed by atoms with E-state index < -0.39 is 5.97 Å². The van der Waals surface area contributed by atoms with Crippen LogP contribution in [-0.2, 0) is 4.79 Å². The molecule has 0 bridgehead atoms. The van der Waals surface area contributed by atoms with Crippen LogP contribution in [0, 0.1) is 0 Å². The van der Waals surface area contributed by atoms with Crippen molar-refractivity contribution in [1.29, 1.82) is 0 Å². The highest BCUT2D eigenvalue weighted by Gasteiger charge is 2.08. The molecule has 5 nitrogen and oxygen atoms in total. The molecule has 0 aliphatic heterocycles. The standard InChI is InChI=1S/C14H19NO4/c1-3-5-10(2)15-13(16)9-19-12-7-4-6-11(8-12)14(17)18/h4,6-8,10H,3,5,9H2,1-2H3,(H,15,16)(H,17,18). The Bertz CT molecular complexity index is 445. The fourth-order valence-corrected chi connectivity index (χ4v) is 1.69. The predicted molar refractivity (Wildman–Crippen MR) is 71.4 cm³/mol. The molecule has 1 atom stereocenters. The van der Waals surface area contributed by atoms with Gasteiger partial charge in [0.05, 0.1) is 5.56 Å². The lowest BCUT2D eigenvalue weighted by Gasteiger charge is -2.13. The molecule has 0 aromatic heterocycles. The lowest BCUT2D eigenvalue weighted by atomic mass is 10.2. The Morgan fingerprint density at radius 3 is 2.79 bits per heavy atom. The van der Waals surface area contributed by atoms with Crippen LogP contribution in [0.4, 0.5) is 0 Å². The second-order valence-electron chi connectivity index (χ2n) is 4.38. The normalized spacial score (nSPS) is 11.7.